The minimum atomic E-state index is -1.12. The molecule has 2 aromatic rings. The lowest BCUT2D eigenvalue weighted by molar-refractivity contribution is -0.135. The quantitative estimate of drug-likeness (QED) is 0.561. The highest BCUT2D eigenvalue weighted by atomic mass is 35.5. The Bertz CT molecular complexity index is 1130. The topological polar surface area (TPSA) is 87.2 Å². The van der Waals surface area contributed by atoms with Gasteiger partial charge in [0.05, 0.1) is 28.0 Å². The molecule has 0 radical (unpaired) electrons. The van der Waals surface area contributed by atoms with Crippen LogP contribution >= 0.6 is 23.2 Å². The van der Waals surface area contributed by atoms with Crippen molar-refractivity contribution in [1.82, 2.24) is 9.80 Å². The number of benzene rings is 2. The first kappa shape index (κ1) is 25.3. The first-order chi connectivity index (χ1) is 16.5. The molecule has 3 amide bonds. The maximum Gasteiger partial charge on any atom is 0.416 e. The number of rotatable bonds is 4. The average molecular weight is 519 g/mol. The minimum absolute atomic E-state index is 0.0897. The van der Waals surface area contributed by atoms with Crippen LogP contribution in [0.4, 0.5) is 9.59 Å². The summed E-state index contributed by atoms with van der Waals surface area (Å²) in [7, 11) is 0. The van der Waals surface area contributed by atoms with Crippen LogP contribution in [0, 0.1) is 11.3 Å². The van der Waals surface area contributed by atoms with Crippen LogP contribution in [0.1, 0.15) is 37.8 Å². The predicted molar refractivity (Wildman–Crippen MR) is 133 cm³/mol. The van der Waals surface area contributed by atoms with Crippen molar-refractivity contribution in [3.8, 4) is 0 Å². The second kappa shape index (κ2) is 9.70. The van der Waals surface area contributed by atoms with Gasteiger partial charge in [0.2, 0.25) is 5.91 Å². The number of halogens is 2. The molecule has 35 heavy (non-hydrogen) atoms. The Kier molecular flexibility index (Phi) is 7.02. The number of carbonyl (C=O) groups excluding carboxylic acids is 2. The van der Waals surface area contributed by atoms with Crippen LogP contribution in [0.15, 0.2) is 48.5 Å². The molecule has 1 unspecified atom stereocenters. The van der Waals surface area contributed by atoms with E-state index in [1.54, 1.807) is 18.2 Å². The second-order valence-corrected chi connectivity index (χ2v) is 11.0. The van der Waals surface area contributed by atoms with Gasteiger partial charge in [-0.05, 0) is 35.1 Å². The summed E-state index contributed by atoms with van der Waals surface area (Å²) in [5, 5.41) is 10.7. The number of cyclic esters (lactones) is 1. The highest BCUT2D eigenvalue weighted by molar-refractivity contribution is 6.42. The molecule has 0 spiro atoms. The standard InChI is InChI=1S/C26H28Cl2N2O5/c1-26(2,3)22-21(18(13-29(22)24(32)33)16-9-10-19(27)20(28)12-16)23(31)30-17(14-35-25(30)34)11-15-7-5-4-6-8-15/h4-10,12,17-18,21-22H,11,13-14H2,1-3H3,(H,32,33)/t17-,18-,21-,22?/m1/s1. The third-order valence-corrected chi connectivity index (χ3v) is 7.54. The number of likely N-dealkylation sites (tertiary alicyclic amines) is 1. The number of imide groups is 1. The lowest BCUT2D eigenvalue weighted by atomic mass is 9.74. The molecule has 4 atom stereocenters. The van der Waals surface area contributed by atoms with Gasteiger partial charge in [-0.3, -0.25) is 4.79 Å². The Labute approximate surface area is 214 Å². The number of carbonyl (C=O) groups is 3. The van der Waals surface area contributed by atoms with Gasteiger partial charge in [0, 0.05) is 12.5 Å². The first-order valence-electron chi connectivity index (χ1n) is 11.5. The molecule has 1 N–H and O–H groups in total. The van der Waals surface area contributed by atoms with Crippen LogP contribution in [0.3, 0.4) is 0 Å². The second-order valence-electron chi connectivity index (χ2n) is 10.2. The first-order valence-corrected chi connectivity index (χ1v) is 12.2. The summed E-state index contributed by atoms with van der Waals surface area (Å²) in [6.45, 7) is 5.88. The number of nitrogens with zero attached hydrogens (tertiary/aromatic N) is 2. The highest BCUT2D eigenvalue weighted by Gasteiger charge is 2.56. The number of ether oxygens (including phenoxy) is 1. The molecule has 7 nitrogen and oxygen atoms in total. The molecule has 9 heteroatoms. The van der Waals surface area contributed by atoms with Crippen molar-refractivity contribution >= 4 is 41.3 Å². The fourth-order valence-electron chi connectivity index (χ4n) is 5.35. The van der Waals surface area contributed by atoms with Gasteiger partial charge in [0.1, 0.15) is 6.61 Å². The molecule has 0 saturated carbocycles. The molecule has 2 aromatic carbocycles. The lowest BCUT2D eigenvalue weighted by Gasteiger charge is -2.38. The molecule has 2 fully saturated rings. The Hall–Kier alpha value is -2.77. The molecule has 186 valence electrons. The van der Waals surface area contributed by atoms with E-state index in [2.05, 4.69) is 0 Å². The van der Waals surface area contributed by atoms with E-state index in [4.69, 9.17) is 27.9 Å². The molecular formula is C26H28Cl2N2O5. The van der Waals surface area contributed by atoms with Gasteiger partial charge in [-0.2, -0.15) is 0 Å². The van der Waals surface area contributed by atoms with E-state index in [-0.39, 0.29) is 13.2 Å². The van der Waals surface area contributed by atoms with Gasteiger partial charge in [0.15, 0.2) is 0 Å². The molecule has 2 aliphatic heterocycles. The largest absolute Gasteiger partial charge is 0.465 e. The number of amides is 3. The summed E-state index contributed by atoms with van der Waals surface area (Å²) in [5.41, 5.74) is 1.09. The van der Waals surface area contributed by atoms with Crippen molar-refractivity contribution < 1.29 is 24.2 Å². The number of hydrogen-bond acceptors (Lipinski definition) is 4. The number of carboxylic acid groups (broad SMARTS) is 1. The molecule has 4 rings (SSSR count). The third-order valence-electron chi connectivity index (χ3n) is 6.81. The Morgan fingerprint density at radius 3 is 2.37 bits per heavy atom. The molecule has 0 bridgehead atoms. The normalized spacial score (nSPS) is 24.5. The zero-order chi connectivity index (χ0) is 25.5. The van der Waals surface area contributed by atoms with Gasteiger partial charge in [-0.15, -0.1) is 0 Å². The molecule has 0 aromatic heterocycles. The Morgan fingerprint density at radius 2 is 1.77 bits per heavy atom. The van der Waals surface area contributed by atoms with Crippen molar-refractivity contribution in [3.05, 3.63) is 69.7 Å². The van der Waals surface area contributed by atoms with Crippen molar-refractivity contribution in [2.45, 2.75) is 45.2 Å². The summed E-state index contributed by atoms with van der Waals surface area (Å²) in [6, 6.07) is 13.5. The molecule has 2 saturated heterocycles. The predicted octanol–water partition coefficient (Wildman–Crippen LogP) is 5.69. The minimum Gasteiger partial charge on any atom is -0.465 e. The van der Waals surface area contributed by atoms with Gasteiger partial charge in [-0.25, -0.2) is 14.5 Å². The van der Waals surface area contributed by atoms with Crippen molar-refractivity contribution in [2.24, 2.45) is 11.3 Å². The summed E-state index contributed by atoms with van der Waals surface area (Å²) in [6.07, 6.45) is -1.37. The van der Waals surface area contributed by atoms with E-state index in [0.29, 0.717) is 22.0 Å². The van der Waals surface area contributed by atoms with Gasteiger partial charge in [-0.1, -0.05) is 80.4 Å². The lowest BCUT2D eigenvalue weighted by Crippen LogP contribution is -2.52. The summed E-state index contributed by atoms with van der Waals surface area (Å²) in [4.78, 5) is 41.7. The van der Waals surface area contributed by atoms with Crippen LogP contribution in [0.25, 0.3) is 0 Å². The monoisotopic (exact) mass is 518 g/mol. The maximum atomic E-state index is 14.2. The van der Waals surface area contributed by atoms with E-state index in [0.717, 1.165) is 5.56 Å². The fourth-order valence-corrected chi connectivity index (χ4v) is 5.65. The zero-order valence-electron chi connectivity index (χ0n) is 19.8. The molecule has 0 aliphatic carbocycles. The zero-order valence-corrected chi connectivity index (χ0v) is 21.3. The fraction of sp³-hybridized carbons (Fsp3) is 0.423. The van der Waals surface area contributed by atoms with Crippen LogP contribution < -0.4 is 0 Å². The Morgan fingerprint density at radius 1 is 1.09 bits per heavy atom. The van der Waals surface area contributed by atoms with E-state index in [1.165, 1.54) is 9.80 Å². The van der Waals surface area contributed by atoms with Crippen LogP contribution in [-0.2, 0) is 16.0 Å². The van der Waals surface area contributed by atoms with Gasteiger partial charge in [0.25, 0.3) is 0 Å². The van der Waals surface area contributed by atoms with Crippen LogP contribution in [0.5, 0.6) is 0 Å². The molecule has 2 heterocycles. The Balaban J connectivity index is 1.76. The van der Waals surface area contributed by atoms with Crippen molar-refractivity contribution in [1.29, 1.82) is 0 Å². The number of hydrogen-bond donors (Lipinski definition) is 1. The maximum absolute atomic E-state index is 14.2. The van der Waals surface area contributed by atoms with E-state index in [1.807, 2.05) is 51.1 Å². The van der Waals surface area contributed by atoms with Crippen molar-refractivity contribution in [2.75, 3.05) is 13.2 Å². The third kappa shape index (κ3) is 4.98. The van der Waals surface area contributed by atoms with Crippen molar-refractivity contribution in [3.63, 3.8) is 0 Å². The molecular weight excluding hydrogens is 491 g/mol. The highest BCUT2D eigenvalue weighted by Crippen LogP contribution is 2.46. The summed E-state index contributed by atoms with van der Waals surface area (Å²) < 4.78 is 5.30. The van der Waals surface area contributed by atoms with E-state index < -0.39 is 47.4 Å². The summed E-state index contributed by atoms with van der Waals surface area (Å²) in [5.74, 6) is -1.76. The van der Waals surface area contributed by atoms with Gasteiger partial charge >= 0.3 is 12.2 Å². The van der Waals surface area contributed by atoms with Gasteiger partial charge < -0.3 is 14.7 Å². The smallest absolute Gasteiger partial charge is 0.416 e. The SMILES string of the molecule is CC(C)(C)C1[C@H](C(=O)N2C(=O)OC[C@H]2Cc2ccccc2)[C@@H](c2ccc(Cl)c(Cl)c2)CN1C(=O)O. The summed E-state index contributed by atoms with van der Waals surface area (Å²) >= 11 is 12.4. The molecule has 2 aliphatic rings. The average Bonchev–Trinajstić information content (AvgIpc) is 3.37. The van der Waals surface area contributed by atoms with Crippen LogP contribution in [0.2, 0.25) is 10.0 Å². The van der Waals surface area contributed by atoms with E-state index >= 15 is 0 Å². The van der Waals surface area contributed by atoms with Crippen LogP contribution in [-0.4, -0.2) is 58.2 Å². The van der Waals surface area contributed by atoms with E-state index in [9.17, 15) is 19.5 Å².